The van der Waals surface area contributed by atoms with E-state index in [-0.39, 0.29) is 5.91 Å². The highest BCUT2D eigenvalue weighted by Gasteiger charge is 2.13. The SMILES string of the molecule is CCCOCCOc1ccc(-c2ccc(OC)c(/C=C/C(=O)Nc3ccc([S@](=O)Cc4c(C)ncn4CC)cc3)c2)cc1. The lowest BCUT2D eigenvalue weighted by atomic mass is 10.0. The van der Waals surface area contributed by atoms with E-state index in [1.165, 1.54) is 6.08 Å². The average molecular weight is 602 g/mol. The fourth-order valence-electron chi connectivity index (χ4n) is 4.47. The van der Waals surface area contributed by atoms with E-state index in [1.807, 2.05) is 60.9 Å². The van der Waals surface area contributed by atoms with Crippen molar-refractivity contribution in [3.8, 4) is 22.6 Å². The number of rotatable bonds is 15. The minimum atomic E-state index is -1.22. The standard InChI is InChI=1S/C34H39N3O5S/c1-5-19-41-20-21-42-30-13-7-26(8-14-30)27-9-17-33(40-4)28(22-27)10-18-34(38)36-29-11-15-31(16-12-29)43(39)23-32-25(3)35-24-37(32)6-2/h7-18,22,24H,5-6,19-21,23H2,1-4H3,(H,36,38)/b18-10+/t43-/m1/s1. The molecule has 0 saturated carbocycles. The Kier molecular flexibility index (Phi) is 11.7. The maximum absolute atomic E-state index is 13.0. The number of aryl methyl sites for hydroxylation is 2. The van der Waals surface area contributed by atoms with Crippen molar-refractivity contribution < 1.29 is 23.2 Å². The molecule has 0 aliphatic carbocycles. The molecule has 1 heterocycles. The number of nitrogens with zero attached hydrogens (tertiary/aromatic N) is 2. The van der Waals surface area contributed by atoms with Gasteiger partial charge < -0.3 is 24.1 Å². The second kappa shape index (κ2) is 15.9. The first-order valence-corrected chi connectivity index (χ1v) is 15.7. The third kappa shape index (κ3) is 8.89. The van der Waals surface area contributed by atoms with Crippen LogP contribution in [0, 0.1) is 6.92 Å². The lowest BCUT2D eigenvalue weighted by Gasteiger charge is -2.10. The summed E-state index contributed by atoms with van der Waals surface area (Å²) in [5, 5.41) is 2.87. The van der Waals surface area contributed by atoms with Crippen LogP contribution in [0.3, 0.4) is 0 Å². The van der Waals surface area contributed by atoms with Gasteiger partial charge in [-0.15, -0.1) is 0 Å². The predicted octanol–water partition coefficient (Wildman–Crippen LogP) is 6.65. The molecular formula is C34H39N3O5S. The highest BCUT2D eigenvalue weighted by molar-refractivity contribution is 7.84. The van der Waals surface area contributed by atoms with E-state index in [1.54, 1.807) is 43.8 Å². The predicted molar refractivity (Wildman–Crippen MR) is 172 cm³/mol. The smallest absolute Gasteiger partial charge is 0.248 e. The summed E-state index contributed by atoms with van der Waals surface area (Å²) in [6.07, 6.45) is 5.97. The highest BCUT2D eigenvalue weighted by atomic mass is 32.2. The molecule has 1 amide bonds. The maximum Gasteiger partial charge on any atom is 0.248 e. The largest absolute Gasteiger partial charge is 0.496 e. The number of hydrogen-bond donors (Lipinski definition) is 1. The van der Waals surface area contributed by atoms with Crippen LogP contribution in [0.15, 0.2) is 84.0 Å². The van der Waals surface area contributed by atoms with Crippen LogP contribution in [0.5, 0.6) is 11.5 Å². The van der Waals surface area contributed by atoms with Crippen molar-refractivity contribution in [2.24, 2.45) is 0 Å². The van der Waals surface area contributed by atoms with E-state index in [0.717, 1.165) is 53.4 Å². The van der Waals surface area contributed by atoms with Crippen LogP contribution in [-0.4, -0.2) is 46.6 Å². The molecule has 8 nitrogen and oxygen atoms in total. The van der Waals surface area contributed by atoms with E-state index < -0.39 is 10.8 Å². The topological polar surface area (TPSA) is 91.7 Å². The van der Waals surface area contributed by atoms with Gasteiger partial charge in [0, 0.05) is 35.4 Å². The fraction of sp³-hybridized carbons (Fsp3) is 0.294. The molecule has 0 aliphatic heterocycles. The molecule has 0 saturated heterocycles. The molecule has 9 heteroatoms. The zero-order valence-electron chi connectivity index (χ0n) is 25.2. The monoisotopic (exact) mass is 601 g/mol. The molecule has 1 atom stereocenters. The van der Waals surface area contributed by atoms with E-state index in [2.05, 4.69) is 17.2 Å². The molecule has 43 heavy (non-hydrogen) atoms. The molecule has 3 aromatic carbocycles. The van der Waals surface area contributed by atoms with Gasteiger partial charge in [-0.2, -0.15) is 0 Å². The van der Waals surface area contributed by atoms with Crippen LogP contribution in [-0.2, 0) is 32.6 Å². The van der Waals surface area contributed by atoms with Gasteiger partial charge in [-0.3, -0.25) is 9.00 Å². The number of benzene rings is 3. The second-order valence-corrected chi connectivity index (χ2v) is 11.3. The van der Waals surface area contributed by atoms with E-state index in [4.69, 9.17) is 14.2 Å². The molecule has 0 bridgehead atoms. The second-order valence-electron chi connectivity index (χ2n) is 9.84. The molecular weight excluding hydrogens is 562 g/mol. The van der Waals surface area contributed by atoms with Crippen LogP contribution in [0.2, 0.25) is 0 Å². The lowest BCUT2D eigenvalue weighted by Crippen LogP contribution is -2.08. The number of carbonyl (C=O) groups is 1. The van der Waals surface area contributed by atoms with Crippen molar-refractivity contribution in [2.45, 2.75) is 44.4 Å². The number of nitrogens with one attached hydrogen (secondary N) is 1. The summed E-state index contributed by atoms with van der Waals surface area (Å²) in [5.41, 5.74) is 5.25. The van der Waals surface area contributed by atoms with E-state index in [9.17, 15) is 9.00 Å². The Labute approximate surface area is 256 Å². The molecule has 4 rings (SSSR count). The number of methoxy groups -OCH3 is 1. The van der Waals surface area contributed by atoms with Gasteiger partial charge in [-0.25, -0.2) is 4.98 Å². The molecule has 1 N–H and O–H groups in total. The Hall–Kier alpha value is -4.21. The van der Waals surface area contributed by atoms with Gasteiger partial charge in [0.2, 0.25) is 5.91 Å². The third-order valence-corrected chi connectivity index (χ3v) is 8.16. The minimum Gasteiger partial charge on any atom is -0.496 e. The van der Waals surface area contributed by atoms with Gasteiger partial charge in [-0.1, -0.05) is 25.1 Å². The fourth-order valence-corrected chi connectivity index (χ4v) is 5.70. The maximum atomic E-state index is 13.0. The Morgan fingerprint density at radius 3 is 2.42 bits per heavy atom. The summed E-state index contributed by atoms with van der Waals surface area (Å²) in [4.78, 5) is 17.8. The van der Waals surface area contributed by atoms with Crippen LogP contribution in [0.1, 0.15) is 37.2 Å². The molecule has 0 spiro atoms. The van der Waals surface area contributed by atoms with Crippen molar-refractivity contribution in [1.82, 2.24) is 9.55 Å². The number of imidazole rings is 1. The zero-order chi connectivity index (χ0) is 30.6. The van der Waals surface area contributed by atoms with Crippen molar-refractivity contribution in [3.63, 3.8) is 0 Å². The van der Waals surface area contributed by atoms with Crippen LogP contribution in [0.25, 0.3) is 17.2 Å². The van der Waals surface area contributed by atoms with Crippen LogP contribution >= 0.6 is 0 Å². The van der Waals surface area contributed by atoms with Gasteiger partial charge in [0.15, 0.2) is 0 Å². The molecule has 4 aromatic rings. The first-order chi connectivity index (χ1) is 20.9. The number of ether oxygens (including phenoxy) is 3. The molecule has 226 valence electrons. The summed E-state index contributed by atoms with van der Waals surface area (Å²) >= 11 is 0. The number of carbonyl (C=O) groups excluding carboxylic acids is 1. The molecule has 0 aliphatic rings. The lowest BCUT2D eigenvalue weighted by molar-refractivity contribution is -0.111. The number of hydrogen-bond acceptors (Lipinski definition) is 6. The molecule has 0 unspecified atom stereocenters. The first-order valence-electron chi connectivity index (χ1n) is 14.4. The number of aromatic nitrogens is 2. The summed E-state index contributed by atoms with van der Waals surface area (Å²) in [6, 6.07) is 20.8. The average Bonchev–Trinajstić information content (AvgIpc) is 3.38. The Bertz CT molecular complexity index is 1550. The van der Waals surface area contributed by atoms with Gasteiger partial charge in [0.25, 0.3) is 0 Å². The summed E-state index contributed by atoms with van der Waals surface area (Å²) in [5.74, 6) is 1.55. The molecule has 0 radical (unpaired) electrons. The molecule has 0 fully saturated rings. The van der Waals surface area contributed by atoms with Gasteiger partial charge >= 0.3 is 0 Å². The van der Waals surface area contributed by atoms with E-state index >= 15 is 0 Å². The third-order valence-electron chi connectivity index (χ3n) is 6.82. The summed E-state index contributed by atoms with van der Waals surface area (Å²) in [7, 11) is 0.379. The Morgan fingerprint density at radius 2 is 1.72 bits per heavy atom. The van der Waals surface area contributed by atoms with Gasteiger partial charge in [-0.05, 0) is 86.0 Å². The number of anilines is 1. The van der Waals surface area contributed by atoms with E-state index in [0.29, 0.717) is 35.3 Å². The van der Waals surface area contributed by atoms with Gasteiger partial charge in [0.05, 0.1) is 48.0 Å². The Balaban J connectivity index is 1.36. The quantitative estimate of drug-likeness (QED) is 0.121. The zero-order valence-corrected chi connectivity index (χ0v) is 26.0. The van der Waals surface area contributed by atoms with Crippen molar-refractivity contribution >= 4 is 28.5 Å². The van der Waals surface area contributed by atoms with Crippen molar-refractivity contribution in [3.05, 3.63) is 96.1 Å². The van der Waals surface area contributed by atoms with Crippen LogP contribution < -0.4 is 14.8 Å². The Morgan fingerprint density at radius 1 is 0.977 bits per heavy atom. The van der Waals surface area contributed by atoms with Crippen molar-refractivity contribution in [1.29, 1.82) is 0 Å². The first kappa shape index (κ1) is 31.7. The highest BCUT2D eigenvalue weighted by Crippen LogP contribution is 2.29. The van der Waals surface area contributed by atoms with Crippen molar-refractivity contribution in [2.75, 3.05) is 32.2 Å². The van der Waals surface area contributed by atoms with Crippen LogP contribution in [0.4, 0.5) is 5.69 Å². The normalized spacial score (nSPS) is 11.9. The summed E-state index contributed by atoms with van der Waals surface area (Å²) < 4.78 is 31.7. The van der Waals surface area contributed by atoms with Gasteiger partial charge in [0.1, 0.15) is 18.1 Å². The summed E-state index contributed by atoms with van der Waals surface area (Å²) in [6.45, 7) is 8.63. The molecule has 1 aromatic heterocycles. The number of amides is 1. The minimum absolute atomic E-state index is 0.284.